The molecule has 0 radical (unpaired) electrons. The minimum atomic E-state index is 0.527. The third-order valence-corrected chi connectivity index (χ3v) is 5.90. The Labute approximate surface area is 126 Å². The second-order valence-corrected chi connectivity index (χ2v) is 7.59. The normalized spacial score (nSPS) is 29.6. The highest BCUT2D eigenvalue weighted by Crippen LogP contribution is 2.40. The summed E-state index contributed by atoms with van der Waals surface area (Å²) in [6.45, 7) is 11.9. The van der Waals surface area contributed by atoms with Crippen LogP contribution in [0.25, 0.3) is 0 Å². The molecule has 0 aromatic rings. The molecular formula is C18H35NO. The summed E-state index contributed by atoms with van der Waals surface area (Å²) in [5.41, 5.74) is 0.527. The fraction of sp³-hybridized carbons (Fsp3) is 1.00. The van der Waals surface area contributed by atoms with Crippen LogP contribution in [0.4, 0.5) is 0 Å². The molecule has 1 saturated carbocycles. The van der Waals surface area contributed by atoms with E-state index in [4.69, 9.17) is 4.74 Å². The number of rotatable bonds is 6. The van der Waals surface area contributed by atoms with Gasteiger partial charge in [0.1, 0.15) is 0 Å². The third kappa shape index (κ3) is 4.73. The number of hydrogen-bond donors (Lipinski definition) is 0. The molecule has 2 rings (SSSR count). The molecule has 1 saturated heterocycles. The zero-order valence-corrected chi connectivity index (χ0v) is 14.0. The lowest BCUT2D eigenvalue weighted by Gasteiger charge is -2.39. The van der Waals surface area contributed by atoms with E-state index in [-0.39, 0.29) is 0 Å². The van der Waals surface area contributed by atoms with Crippen LogP contribution in [0.3, 0.4) is 0 Å². The summed E-state index contributed by atoms with van der Waals surface area (Å²) < 4.78 is 6.14. The standard InChI is InChI=1S/C18H35NO/c1-4-18(2,3)16-8-10-17(11-9-16)20-15-14-19-12-6-5-7-13-19/h16-17H,4-15H2,1-3H3. The molecule has 2 nitrogen and oxygen atoms in total. The first kappa shape index (κ1) is 16.3. The largest absolute Gasteiger partial charge is 0.377 e. The predicted molar refractivity (Wildman–Crippen MR) is 86.1 cm³/mol. The van der Waals surface area contributed by atoms with Gasteiger partial charge in [-0.1, -0.05) is 33.6 Å². The topological polar surface area (TPSA) is 12.5 Å². The lowest BCUT2D eigenvalue weighted by Crippen LogP contribution is -2.35. The molecule has 0 amide bonds. The fourth-order valence-corrected chi connectivity index (χ4v) is 3.83. The highest BCUT2D eigenvalue weighted by Gasteiger charge is 2.31. The van der Waals surface area contributed by atoms with Crippen molar-refractivity contribution in [2.75, 3.05) is 26.2 Å². The molecule has 118 valence electrons. The van der Waals surface area contributed by atoms with E-state index >= 15 is 0 Å². The fourth-order valence-electron chi connectivity index (χ4n) is 3.83. The van der Waals surface area contributed by atoms with Crippen LogP contribution < -0.4 is 0 Å². The van der Waals surface area contributed by atoms with E-state index < -0.39 is 0 Å². The van der Waals surface area contributed by atoms with E-state index in [1.54, 1.807) is 0 Å². The van der Waals surface area contributed by atoms with Crippen LogP contribution in [0.2, 0.25) is 0 Å². The number of hydrogen-bond acceptors (Lipinski definition) is 2. The van der Waals surface area contributed by atoms with Crippen molar-refractivity contribution < 1.29 is 4.74 Å². The second-order valence-electron chi connectivity index (χ2n) is 7.59. The predicted octanol–water partition coefficient (Wildman–Crippen LogP) is 4.48. The summed E-state index contributed by atoms with van der Waals surface area (Å²) in [7, 11) is 0. The van der Waals surface area contributed by atoms with Gasteiger partial charge in [0.2, 0.25) is 0 Å². The summed E-state index contributed by atoms with van der Waals surface area (Å²) in [4.78, 5) is 2.58. The van der Waals surface area contributed by atoms with Gasteiger partial charge in [-0.3, -0.25) is 0 Å². The SMILES string of the molecule is CCC(C)(C)C1CCC(OCCN2CCCCC2)CC1. The van der Waals surface area contributed by atoms with Crippen LogP contribution in [-0.2, 0) is 4.74 Å². The van der Waals surface area contributed by atoms with Crippen molar-refractivity contribution in [2.45, 2.75) is 78.2 Å². The molecule has 2 fully saturated rings. The van der Waals surface area contributed by atoms with Crippen molar-refractivity contribution >= 4 is 0 Å². The van der Waals surface area contributed by atoms with Crippen molar-refractivity contribution in [2.24, 2.45) is 11.3 Å². The molecule has 2 aliphatic rings. The number of nitrogens with zero attached hydrogens (tertiary/aromatic N) is 1. The van der Waals surface area contributed by atoms with Gasteiger partial charge in [-0.05, 0) is 62.9 Å². The molecule has 0 aromatic carbocycles. The maximum atomic E-state index is 6.14. The summed E-state index contributed by atoms with van der Waals surface area (Å²) in [5.74, 6) is 0.912. The zero-order chi connectivity index (χ0) is 14.4. The van der Waals surface area contributed by atoms with Crippen LogP contribution in [0.1, 0.15) is 72.1 Å². The van der Waals surface area contributed by atoms with E-state index in [1.165, 1.54) is 64.5 Å². The Hall–Kier alpha value is -0.0800. The summed E-state index contributed by atoms with van der Waals surface area (Å²) in [6.07, 6.45) is 11.4. The first-order chi connectivity index (χ1) is 9.62. The molecule has 1 aliphatic heterocycles. The van der Waals surface area contributed by atoms with Gasteiger partial charge in [-0.25, -0.2) is 0 Å². The molecule has 2 heteroatoms. The second kappa shape index (κ2) is 7.79. The van der Waals surface area contributed by atoms with Crippen LogP contribution >= 0.6 is 0 Å². The highest BCUT2D eigenvalue weighted by atomic mass is 16.5. The van der Waals surface area contributed by atoms with Gasteiger partial charge in [0.15, 0.2) is 0 Å². The van der Waals surface area contributed by atoms with Crippen LogP contribution in [0, 0.1) is 11.3 Å². The Bertz CT molecular complexity index is 263. The molecule has 1 aliphatic carbocycles. The molecule has 0 atom stereocenters. The lowest BCUT2D eigenvalue weighted by molar-refractivity contribution is -0.00886. The van der Waals surface area contributed by atoms with Crippen LogP contribution in [0.15, 0.2) is 0 Å². The van der Waals surface area contributed by atoms with Crippen LogP contribution in [0.5, 0.6) is 0 Å². The molecule has 0 bridgehead atoms. The van der Waals surface area contributed by atoms with Crippen molar-refractivity contribution in [1.82, 2.24) is 4.90 Å². The highest BCUT2D eigenvalue weighted by molar-refractivity contribution is 4.83. The smallest absolute Gasteiger partial charge is 0.0597 e. The average molecular weight is 281 g/mol. The van der Waals surface area contributed by atoms with E-state index in [2.05, 4.69) is 25.7 Å². The van der Waals surface area contributed by atoms with Crippen molar-refractivity contribution in [3.8, 4) is 0 Å². The van der Waals surface area contributed by atoms with Crippen molar-refractivity contribution in [3.05, 3.63) is 0 Å². The Morgan fingerprint density at radius 3 is 2.25 bits per heavy atom. The summed E-state index contributed by atoms with van der Waals surface area (Å²) in [5, 5.41) is 0. The van der Waals surface area contributed by atoms with Crippen molar-refractivity contribution in [1.29, 1.82) is 0 Å². The molecule has 0 spiro atoms. The van der Waals surface area contributed by atoms with Crippen LogP contribution in [-0.4, -0.2) is 37.2 Å². The maximum Gasteiger partial charge on any atom is 0.0597 e. The molecule has 0 unspecified atom stereocenters. The Kier molecular flexibility index (Phi) is 6.35. The quantitative estimate of drug-likeness (QED) is 0.711. The van der Waals surface area contributed by atoms with Gasteiger partial charge in [0.05, 0.1) is 12.7 Å². The van der Waals surface area contributed by atoms with Crippen molar-refractivity contribution in [3.63, 3.8) is 0 Å². The maximum absolute atomic E-state index is 6.14. The minimum absolute atomic E-state index is 0.527. The van der Waals surface area contributed by atoms with Gasteiger partial charge in [-0.15, -0.1) is 0 Å². The summed E-state index contributed by atoms with van der Waals surface area (Å²) >= 11 is 0. The van der Waals surface area contributed by atoms with Gasteiger partial charge >= 0.3 is 0 Å². The Morgan fingerprint density at radius 1 is 1.00 bits per heavy atom. The number of likely N-dealkylation sites (tertiary alicyclic amines) is 1. The molecule has 1 heterocycles. The van der Waals surface area contributed by atoms with Gasteiger partial charge in [0.25, 0.3) is 0 Å². The molecule has 20 heavy (non-hydrogen) atoms. The molecule has 0 N–H and O–H groups in total. The third-order valence-electron chi connectivity index (χ3n) is 5.90. The molecular weight excluding hydrogens is 246 g/mol. The first-order valence-electron chi connectivity index (χ1n) is 8.96. The lowest BCUT2D eigenvalue weighted by atomic mass is 9.69. The van der Waals surface area contributed by atoms with E-state index in [1.807, 2.05) is 0 Å². The Balaban J connectivity index is 1.60. The molecule has 0 aromatic heterocycles. The first-order valence-corrected chi connectivity index (χ1v) is 8.96. The van der Waals surface area contributed by atoms with Gasteiger partial charge in [0, 0.05) is 6.54 Å². The monoisotopic (exact) mass is 281 g/mol. The van der Waals surface area contributed by atoms with E-state index in [9.17, 15) is 0 Å². The van der Waals surface area contributed by atoms with E-state index in [0.717, 1.165) is 19.1 Å². The number of ether oxygens (including phenoxy) is 1. The van der Waals surface area contributed by atoms with Gasteiger partial charge < -0.3 is 9.64 Å². The minimum Gasteiger partial charge on any atom is -0.377 e. The average Bonchev–Trinajstić information content (AvgIpc) is 2.49. The zero-order valence-electron chi connectivity index (χ0n) is 14.0. The Morgan fingerprint density at radius 2 is 1.65 bits per heavy atom. The van der Waals surface area contributed by atoms with Gasteiger partial charge in [-0.2, -0.15) is 0 Å². The number of piperidine rings is 1. The van der Waals surface area contributed by atoms with E-state index in [0.29, 0.717) is 11.5 Å². The summed E-state index contributed by atoms with van der Waals surface area (Å²) in [6, 6.07) is 0.